The lowest BCUT2D eigenvalue weighted by molar-refractivity contribution is 0.410. The lowest BCUT2D eigenvalue weighted by Crippen LogP contribution is -2.03. The molecule has 0 aromatic heterocycles. The van der Waals surface area contributed by atoms with E-state index in [0.717, 1.165) is 5.56 Å². The van der Waals surface area contributed by atoms with Crippen LogP contribution >= 0.6 is 23.2 Å². The van der Waals surface area contributed by atoms with Gasteiger partial charge in [0.15, 0.2) is 0 Å². The van der Waals surface area contributed by atoms with Gasteiger partial charge in [0, 0.05) is 17.1 Å². The number of hydrogen-bond donors (Lipinski definition) is 1. The highest BCUT2D eigenvalue weighted by molar-refractivity contribution is 6.33. The van der Waals surface area contributed by atoms with Gasteiger partial charge in [-0.2, -0.15) is 0 Å². The van der Waals surface area contributed by atoms with Crippen LogP contribution in [0.25, 0.3) is 0 Å². The molecule has 5 heteroatoms. The highest BCUT2D eigenvalue weighted by Crippen LogP contribution is 2.29. The van der Waals surface area contributed by atoms with E-state index in [1.165, 1.54) is 12.1 Å². The molecule has 0 aliphatic heterocycles. The van der Waals surface area contributed by atoms with Crippen molar-refractivity contribution in [2.24, 2.45) is 0 Å². The third-order valence-corrected chi connectivity index (χ3v) is 3.35. The first-order valence-electron chi connectivity index (χ1n) is 5.62. The fourth-order valence-electron chi connectivity index (χ4n) is 1.72. The Kier molecular flexibility index (Phi) is 4.51. The number of benzene rings is 2. The standard InChI is InChI=1S/C14H12Cl2FNO/c1-19-14-4-2-3-11(15)10(14)8-18-13-6-5-9(17)7-12(13)16/h2-7,18H,8H2,1H3. The fourth-order valence-corrected chi connectivity index (χ4v) is 2.18. The molecule has 0 amide bonds. The molecule has 0 bridgehead atoms. The maximum atomic E-state index is 12.9. The number of hydrogen-bond acceptors (Lipinski definition) is 2. The predicted octanol–water partition coefficient (Wildman–Crippen LogP) is 4.75. The van der Waals surface area contributed by atoms with Crippen LogP contribution in [-0.2, 0) is 6.54 Å². The van der Waals surface area contributed by atoms with Gasteiger partial charge in [0.25, 0.3) is 0 Å². The summed E-state index contributed by atoms with van der Waals surface area (Å²) in [4.78, 5) is 0. The van der Waals surface area contributed by atoms with Crippen LogP contribution in [0.2, 0.25) is 10.0 Å². The third-order valence-electron chi connectivity index (χ3n) is 2.68. The highest BCUT2D eigenvalue weighted by atomic mass is 35.5. The second-order valence-corrected chi connectivity index (χ2v) is 4.71. The van der Waals surface area contributed by atoms with Gasteiger partial charge in [-0.3, -0.25) is 0 Å². The molecule has 0 radical (unpaired) electrons. The second-order valence-electron chi connectivity index (χ2n) is 3.90. The number of anilines is 1. The van der Waals surface area contributed by atoms with Crippen LogP contribution in [0.15, 0.2) is 36.4 Å². The number of methoxy groups -OCH3 is 1. The molecule has 2 nitrogen and oxygen atoms in total. The first-order valence-corrected chi connectivity index (χ1v) is 6.37. The van der Waals surface area contributed by atoms with Gasteiger partial charge in [-0.1, -0.05) is 29.3 Å². The zero-order valence-corrected chi connectivity index (χ0v) is 11.7. The van der Waals surface area contributed by atoms with E-state index < -0.39 is 0 Å². The minimum absolute atomic E-state index is 0.325. The summed E-state index contributed by atoms with van der Waals surface area (Å²) in [6, 6.07) is 9.62. The molecule has 0 fully saturated rings. The Bertz CT molecular complexity index is 590. The van der Waals surface area contributed by atoms with E-state index >= 15 is 0 Å². The minimum atomic E-state index is -0.370. The Morgan fingerprint density at radius 3 is 2.63 bits per heavy atom. The van der Waals surface area contributed by atoms with Crippen molar-refractivity contribution in [1.29, 1.82) is 0 Å². The molecule has 0 aliphatic carbocycles. The first kappa shape index (κ1) is 14.0. The Morgan fingerprint density at radius 1 is 1.16 bits per heavy atom. The summed E-state index contributed by atoms with van der Waals surface area (Å²) in [5.74, 6) is 0.323. The SMILES string of the molecule is COc1cccc(Cl)c1CNc1ccc(F)cc1Cl. The van der Waals surface area contributed by atoms with Crippen LogP contribution in [0.4, 0.5) is 10.1 Å². The number of nitrogens with one attached hydrogen (secondary N) is 1. The molecule has 0 unspecified atom stereocenters. The van der Waals surface area contributed by atoms with Gasteiger partial charge in [-0.25, -0.2) is 4.39 Å². The molecule has 0 spiro atoms. The molecule has 0 atom stereocenters. The van der Waals surface area contributed by atoms with Crippen LogP contribution in [0, 0.1) is 5.82 Å². The van der Waals surface area contributed by atoms with Crippen LogP contribution < -0.4 is 10.1 Å². The second kappa shape index (κ2) is 6.13. The maximum absolute atomic E-state index is 12.9. The summed E-state index contributed by atoms with van der Waals surface area (Å²) in [6.07, 6.45) is 0. The zero-order valence-electron chi connectivity index (χ0n) is 10.2. The molecule has 0 heterocycles. The van der Waals surface area contributed by atoms with Gasteiger partial charge in [0.1, 0.15) is 11.6 Å². The van der Waals surface area contributed by atoms with Crippen LogP contribution in [-0.4, -0.2) is 7.11 Å². The van der Waals surface area contributed by atoms with Crippen LogP contribution in [0.3, 0.4) is 0 Å². The Hall–Kier alpha value is -1.45. The van der Waals surface area contributed by atoms with Crippen molar-refractivity contribution in [3.63, 3.8) is 0 Å². The van der Waals surface area contributed by atoms with Gasteiger partial charge in [-0.15, -0.1) is 0 Å². The highest BCUT2D eigenvalue weighted by Gasteiger charge is 2.08. The van der Waals surface area contributed by atoms with Crippen molar-refractivity contribution in [2.45, 2.75) is 6.54 Å². The quantitative estimate of drug-likeness (QED) is 0.879. The zero-order chi connectivity index (χ0) is 13.8. The summed E-state index contributed by atoms with van der Waals surface area (Å²) in [5, 5.41) is 4.04. The number of halogens is 3. The fraction of sp³-hybridized carbons (Fsp3) is 0.143. The van der Waals surface area contributed by atoms with E-state index in [9.17, 15) is 4.39 Å². The maximum Gasteiger partial charge on any atom is 0.125 e. The molecule has 1 N–H and O–H groups in total. The number of ether oxygens (including phenoxy) is 1. The van der Waals surface area contributed by atoms with Gasteiger partial charge in [-0.05, 0) is 30.3 Å². The summed E-state index contributed by atoms with van der Waals surface area (Å²) < 4.78 is 18.2. The van der Waals surface area contributed by atoms with E-state index in [2.05, 4.69) is 5.32 Å². The van der Waals surface area contributed by atoms with E-state index in [-0.39, 0.29) is 5.82 Å². The van der Waals surface area contributed by atoms with Crippen molar-refractivity contribution >= 4 is 28.9 Å². The molecule has 0 aliphatic rings. The van der Waals surface area contributed by atoms with Crippen LogP contribution in [0.1, 0.15) is 5.56 Å². The molecule has 100 valence electrons. The average Bonchev–Trinajstić information content (AvgIpc) is 2.39. The number of rotatable bonds is 4. The Labute approximate surface area is 121 Å². The Balaban J connectivity index is 2.19. The Morgan fingerprint density at radius 2 is 1.95 bits per heavy atom. The molecular weight excluding hydrogens is 288 g/mol. The third kappa shape index (κ3) is 3.31. The van der Waals surface area contributed by atoms with E-state index in [1.54, 1.807) is 19.2 Å². The predicted molar refractivity (Wildman–Crippen MR) is 76.7 cm³/mol. The topological polar surface area (TPSA) is 21.3 Å². The first-order chi connectivity index (χ1) is 9.11. The summed E-state index contributed by atoms with van der Waals surface area (Å²) >= 11 is 12.1. The summed E-state index contributed by atoms with van der Waals surface area (Å²) in [5.41, 5.74) is 1.47. The van der Waals surface area contributed by atoms with Gasteiger partial charge in [0.05, 0.1) is 17.8 Å². The summed E-state index contributed by atoms with van der Waals surface area (Å²) in [6.45, 7) is 0.439. The van der Waals surface area contributed by atoms with E-state index in [1.807, 2.05) is 12.1 Å². The van der Waals surface area contributed by atoms with Crippen molar-refractivity contribution in [2.75, 3.05) is 12.4 Å². The van der Waals surface area contributed by atoms with Gasteiger partial charge < -0.3 is 10.1 Å². The van der Waals surface area contributed by atoms with E-state index in [0.29, 0.717) is 28.0 Å². The smallest absolute Gasteiger partial charge is 0.125 e. The molecule has 2 aromatic carbocycles. The lowest BCUT2D eigenvalue weighted by atomic mass is 10.2. The summed E-state index contributed by atoms with van der Waals surface area (Å²) in [7, 11) is 1.58. The molecule has 0 saturated carbocycles. The molecule has 0 saturated heterocycles. The van der Waals surface area contributed by atoms with Gasteiger partial charge >= 0.3 is 0 Å². The normalized spacial score (nSPS) is 10.3. The largest absolute Gasteiger partial charge is 0.496 e. The molecule has 19 heavy (non-hydrogen) atoms. The minimum Gasteiger partial charge on any atom is -0.496 e. The van der Waals surface area contributed by atoms with Crippen molar-refractivity contribution in [1.82, 2.24) is 0 Å². The van der Waals surface area contributed by atoms with Gasteiger partial charge in [0.2, 0.25) is 0 Å². The van der Waals surface area contributed by atoms with Crippen molar-refractivity contribution in [3.05, 3.63) is 57.8 Å². The van der Waals surface area contributed by atoms with Crippen molar-refractivity contribution < 1.29 is 9.13 Å². The molecular formula is C14H12Cl2FNO. The lowest BCUT2D eigenvalue weighted by Gasteiger charge is -2.13. The monoisotopic (exact) mass is 299 g/mol. The molecule has 2 rings (SSSR count). The van der Waals surface area contributed by atoms with Crippen molar-refractivity contribution in [3.8, 4) is 5.75 Å². The van der Waals surface area contributed by atoms with E-state index in [4.69, 9.17) is 27.9 Å². The average molecular weight is 300 g/mol. The van der Waals surface area contributed by atoms with Crippen LogP contribution in [0.5, 0.6) is 5.75 Å². The molecule has 2 aromatic rings.